The maximum Gasteiger partial charge on any atom is 0.305 e. The summed E-state index contributed by atoms with van der Waals surface area (Å²) >= 11 is 0. The van der Waals surface area contributed by atoms with E-state index in [4.69, 9.17) is 15.6 Å². The predicted molar refractivity (Wildman–Crippen MR) is 87.1 cm³/mol. The molecule has 0 aliphatic heterocycles. The van der Waals surface area contributed by atoms with E-state index in [2.05, 4.69) is 26.0 Å². The highest BCUT2D eigenvalue weighted by atomic mass is 16.5. The van der Waals surface area contributed by atoms with Gasteiger partial charge in [0.1, 0.15) is 5.75 Å². The van der Waals surface area contributed by atoms with Crippen molar-refractivity contribution in [3.8, 4) is 16.9 Å². The summed E-state index contributed by atoms with van der Waals surface area (Å²) in [6, 6.07) is 11.3. The number of ether oxygens (including phenoxy) is 1. The van der Waals surface area contributed by atoms with Crippen LogP contribution in [0.4, 0.5) is 0 Å². The Morgan fingerprint density at radius 3 is 2.41 bits per heavy atom. The van der Waals surface area contributed by atoms with Crippen molar-refractivity contribution in [1.82, 2.24) is 0 Å². The monoisotopic (exact) mass is 299 g/mol. The van der Waals surface area contributed by atoms with E-state index < -0.39 is 12.0 Å². The van der Waals surface area contributed by atoms with E-state index in [9.17, 15) is 4.79 Å². The fraction of sp³-hybridized carbons (Fsp3) is 0.278. The molecule has 4 heteroatoms. The Hall–Kier alpha value is -2.33. The largest absolute Gasteiger partial charge is 0.496 e. The number of nitrogens with two attached hydrogens (primary N) is 1. The van der Waals surface area contributed by atoms with Gasteiger partial charge in [0.15, 0.2) is 0 Å². The zero-order valence-electron chi connectivity index (χ0n) is 13.1. The van der Waals surface area contributed by atoms with Gasteiger partial charge in [0.2, 0.25) is 0 Å². The molecule has 3 N–H and O–H groups in total. The second kappa shape index (κ2) is 6.62. The SMILES string of the molecule is COc1ccc(-c2c(C)cccc2C)cc1[C@@H](N)CC(=O)O. The summed E-state index contributed by atoms with van der Waals surface area (Å²) in [6.45, 7) is 4.12. The molecule has 0 spiro atoms. The molecule has 4 nitrogen and oxygen atoms in total. The van der Waals surface area contributed by atoms with Gasteiger partial charge in [-0.05, 0) is 48.2 Å². The number of aryl methyl sites for hydroxylation is 2. The first kappa shape index (κ1) is 16.0. The lowest BCUT2D eigenvalue weighted by atomic mass is 9.92. The second-order valence-corrected chi connectivity index (χ2v) is 5.43. The van der Waals surface area contributed by atoms with Gasteiger partial charge in [-0.15, -0.1) is 0 Å². The van der Waals surface area contributed by atoms with E-state index in [1.807, 2.05) is 24.3 Å². The number of carbonyl (C=O) groups is 1. The van der Waals surface area contributed by atoms with Gasteiger partial charge in [0.25, 0.3) is 0 Å². The van der Waals surface area contributed by atoms with E-state index in [1.54, 1.807) is 7.11 Å². The first-order valence-electron chi connectivity index (χ1n) is 7.16. The third-order valence-corrected chi connectivity index (χ3v) is 3.79. The van der Waals surface area contributed by atoms with Gasteiger partial charge in [0, 0.05) is 11.6 Å². The summed E-state index contributed by atoms with van der Waals surface area (Å²) in [5.41, 5.74) is 11.3. The molecule has 0 saturated carbocycles. The number of carboxylic acids is 1. The fourth-order valence-corrected chi connectivity index (χ4v) is 2.75. The standard InChI is InChI=1S/C18H21NO3/c1-11-5-4-6-12(2)18(11)13-7-8-16(22-3)14(9-13)15(19)10-17(20)21/h4-9,15H,10,19H2,1-3H3,(H,20,21)/t15-/m0/s1. The maximum absolute atomic E-state index is 10.9. The first-order valence-corrected chi connectivity index (χ1v) is 7.16. The van der Waals surface area contributed by atoms with Crippen molar-refractivity contribution < 1.29 is 14.6 Å². The van der Waals surface area contributed by atoms with Crippen LogP contribution in [0.5, 0.6) is 5.75 Å². The first-order chi connectivity index (χ1) is 10.4. The van der Waals surface area contributed by atoms with Crippen molar-refractivity contribution >= 4 is 5.97 Å². The van der Waals surface area contributed by atoms with Crippen molar-refractivity contribution in [3.05, 3.63) is 53.1 Å². The predicted octanol–water partition coefficient (Wildman–Crippen LogP) is 3.45. The number of carboxylic acid groups (broad SMARTS) is 1. The molecule has 0 bridgehead atoms. The van der Waals surface area contributed by atoms with Gasteiger partial charge in [-0.1, -0.05) is 24.3 Å². The van der Waals surface area contributed by atoms with Crippen LogP contribution in [0, 0.1) is 13.8 Å². The number of hydrogen-bond donors (Lipinski definition) is 2. The van der Waals surface area contributed by atoms with Crippen LogP contribution in [0.3, 0.4) is 0 Å². The van der Waals surface area contributed by atoms with Gasteiger partial charge in [-0.3, -0.25) is 4.79 Å². The molecule has 0 heterocycles. The lowest BCUT2D eigenvalue weighted by Gasteiger charge is -2.17. The van der Waals surface area contributed by atoms with Crippen LogP contribution in [-0.4, -0.2) is 18.2 Å². The highest BCUT2D eigenvalue weighted by Gasteiger charge is 2.17. The van der Waals surface area contributed by atoms with Gasteiger partial charge in [-0.25, -0.2) is 0 Å². The van der Waals surface area contributed by atoms with E-state index in [1.165, 1.54) is 11.1 Å². The highest BCUT2D eigenvalue weighted by Crippen LogP contribution is 2.34. The van der Waals surface area contributed by atoms with Crippen molar-refractivity contribution in [2.75, 3.05) is 7.11 Å². The smallest absolute Gasteiger partial charge is 0.305 e. The fourth-order valence-electron chi connectivity index (χ4n) is 2.75. The molecule has 0 amide bonds. The topological polar surface area (TPSA) is 72.5 Å². The quantitative estimate of drug-likeness (QED) is 0.887. The number of hydrogen-bond acceptors (Lipinski definition) is 3. The Balaban J connectivity index is 2.54. The molecule has 1 atom stereocenters. The van der Waals surface area contributed by atoms with Crippen molar-refractivity contribution in [2.45, 2.75) is 26.3 Å². The Bertz CT molecular complexity index is 674. The molecule has 22 heavy (non-hydrogen) atoms. The van der Waals surface area contributed by atoms with Crippen molar-refractivity contribution in [1.29, 1.82) is 0 Å². The summed E-state index contributed by atoms with van der Waals surface area (Å²) in [6.07, 6.45) is -0.132. The third-order valence-electron chi connectivity index (χ3n) is 3.79. The summed E-state index contributed by atoms with van der Waals surface area (Å²) in [7, 11) is 1.56. The minimum absolute atomic E-state index is 0.132. The number of methoxy groups -OCH3 is 1. The number of benzene rings is 2. The molecule has 2 aromatic rings. The molecule has 2 aromatic carbocycles. The zero-order valence-corrected chi connectivity index (χ0v) is 13.1. The van der Waals surface area contributed by atoms with Gasteiger partial charge >= 0.3 is 5.97 Å². The minimum Gasteiger partial charge on any atom is -0.496 e. The number of aliphatic carboxylic acids is 1. The summed E-state index contributed by atoms with van der Waals surface area (Å²) in [4.78, 5) is 10.9. The molecule has 116 valence electrons. The van der Waals surface area contributed by atoms with Gasteiger partial charge in [0.05, 0.1) is 13.5 Å². The van der Waals surface area contributed by atoms with Crippen molar-refractivity contribution in [2.24, 2.45) is 5.73 Å². The molecular formula is C18H21NO3. The van der Waals surface area contributed by atoms with Crippen LogP contribution >= 0.6 is 0 Å². The molecule has 0 unspecified atom stereocenters. The second-order valence-electron chi connectivity index (χ2n) is 5.43. The molecule has 0 aliphatic rings. The zero-order chi connectivity index (χ0) is 16.3. The Morgan fingerprint density at radius 2 is 1.86 bits per heavy atom. The molecule has 0 saturated heterocycles. The van der Waals surface area contributed by atoms with Crippen LogP contribution in [0.1, 0.15) is 29.2 Å². The van der Waals surface area contributed by atoms with Crippen LogP contribution in [0.2, 0.25) is 0 Å². The molecule has 0 aliphatic carbocycles. The molecular weight excluding hydrogens is 278 g/mol. The normalized spacial score (nSPS) is 12.0. The summed E-state index contributed by atoms with van der Waals surface area (Å²) < 4.78 is 5.33. The minimum atomic E-state index is -0.924. The van der Waals surface area contributed by atoms with Crippen LogP contribution < -0.4 is 10.5 Å². The highest BCUT2D eigenvalue weighted by molar-refractivity contribution is 5.73. The lowest BCUT2D eigenvalue weighted by Crippen LogP contribution is -2.16. The molecule has 0 radical (unpaired) electrons. The van der Waals surface area contributed by atoms with E-state index in [0.717, 1.165) is 11.1 Å². The maximum atomic E-state index is 10.9. The number of rotatable bonds is 5. The summed E-state index contributed by atoms with van der Waals surface area (Å²) in [5, 5.41) is 8.96. The van der Waals surface area contributed by atoms with E-state index in [-0.39, 0.29) is 6.42 Å². The third kappa shape index (κ3) is 3.28. The lowest BCUT2D eigenvalue weighted by molar-refractivity contribution is -0.137. The average Bonchev–Trinajstić information content (AvgIpc) is 2.46. The van der Waals surface area contributed by atoms with E-state index >= 15 is 0 Å². The molecule has 0 fully saturated rings. The molecule has 0 aromatic heterocycles. The van der Waals surface area contributed by atoms with Gasteiger partial charge < -0.3 is 15.6 Å². The van der Waals surface area contributed by atoms with Crippen LogP contribution in [0.15, 0.2) is 36.4 Å². The van der Waals surface area contributed by atoms with Crippen LogP contribution in [0.25, 0.3) is 11.1 Å². The Kier molecular flexibility index (Phi) is 4.83. The summed E-state index contributed by atoms with van der Waals surface area (Å²) in [5.74, 6) is -0.309. The van der Waals surface area contributed by atoms with Crippen LogP contribution in [-0.2, 0) is 4.79 Å². The average molecular weight is 299 g/mol. The van der Waals surface area contributed by atoms with Gasteiger partial charge in [-0.2, -0.15) is 0 Å². The Morgan fingerprint density at radius 1 is 1.23 bits per heavy atom. The van der Waals surface area contributed by atoms with E-state index in [0.29, 0.717) is 11.3 Å². The molecule has 2 rings (SSSR count). The van der Waals surface area contributed by atoms with Crippen molar-refractivity contribution in [3.63, 3.8) is 0 Å². The Labute approximate surface area is 130 Å².